The van der Waals surface area contributed by atoms with E-state index in [1.165, 1.54) is 6.20 Å². The summed E-state index contributed by atoms with van der Waals surface area (Å²) in [4.78, 5) is 19.6. The number of anilines is 2. The Kier molecular flexibility index (Phi) is 7.50. The highest BCUT2D eigenvalue weighted by Crippen LogP contribution is 2.25. The van der Waals surface area contributed by atoms with Crippen molar-refractivity contribution in [2.45, 2.75) is 38.5 Å². The molecule has 1 amide bonds. The summed E-state index contributed by atoms with van der Waals surface area (Å²) in [7, 11) is -3.81. The maximum absolute atomic E-state index is 13.0. The van der Waals surface area contributed by atoms with Crippen molar-refractivity contribution in [2.75, 3.05) is 42.3 Å². The average Bonchev–Trinajstić information content (AvgIpc) is 2.75. The molecule has 168 valence electrons. The van der Waals surface area contributed by atoms with E-state index >= 15 is 0 Å². The van der Waals surface area contributed by atoms with E-state index < -0.39 is 10.0 Å². The summed E-state index contributed by atoms with van der Waals surface area (Å²) in [5, 5.41) is 6.20. The highest BCUT2D eigenvalue weighted by molar-refractivity contribution is 7.92. The third-order valence-corrected chi connectivity index (χ3v) is 6.75. The number of amides is 1. The van der Waals surface area contributed by atoms with Crippen molar-refractivity contribution >= 4 is 27.4 Å². The van der Waals surface area contributed by atoms with Gasteiger partial charge in [-0.05, 0) is 43.5 Å². The van der Waals surface area contributed by atoms with Crippen molar-refractivity contribution in [2.24, 2.45) is 0 Å². The van der Waals surface area contributed by atoms with E-state index in [0.29, 0.717) is 23.5 Å². The third kappa shape index (κ3) is 5.74. The smallest absolute Gasteiger partial charge is 0.262 e. The van der Waals surface area contributed by atoms with Crippen LogP contribution in [0.25, 0.3) is 0 Å². The zero-order valence-corrected chi connectivity index (χ0v) is 19.2. The molecule has 0 spiro atoms. The van der Waals surface area contributed by atoms with Crippen LogP contribution in [0, 0.1) is 13.8 Å². The number of aromatic nitrogens is 1. The van der Waals surface area contributed by atoms with Gasteiger partial charge in [-0.1, -0.05) is 25.5 Å². The van der Waals surface area contributed by atoms with Crippen molar-refractivity contribution in [3.63, 3.8) is 0 Å². The molecule has 0 bridgehead atoms. The lowest BCUT2D eigenvalue weighted by molar-refractivity contribution is 0.0953. The fraction of sp³-hybridized carbons (Fsp3) is 0.455. The number of unbranched alkanes of at least 4 members (excludes halogenated alkanes) is 1. The van der Waals surface area contributed by atoms with Crippen LogP contribution in [0.5, 0.6) is 0 Å². The summed E-state index contributed by atoms with van der Waals surface area (Å²) in [6, 6.07) is 6.87. The number of sulfonamides is 1. The van der Waals surface area contributed by atoms with Gasteiger partial charge >= 0.3 is 0 Å². The van der Waals surface area contributed by atoms with Crippen LogP contribution in [0.2, 0.25) is 0 Å². The first-order valence-corrected chi connectivity index (χ1v) is 12.1. The van der Waals surface area contributed by atoms with E-state index in [1.807, 2.05) is 17.9 Å². The van der Waals surface area contributed by atoms with Gasteiger partial charge in [-0.2, -0.15) is 0 Å². The average molecular weight is 446 g/mol. The molecule has 2 heterocycles. The standard InChI is InChI=1S/C22H31N5O3S/c1-4-5-8-24-22(28)19-14-18(15-25-21(19)27-11-9-23-10-12-27)26-31(29,30)20-13-16(2)6-7-17(20)3/h6-7,13-15,23,26H,4-5,8-12H2,1-3H3,(H,24,28). The van der Waals surface area contributed by atoms with Crippen LogP contribution < -0.4 is 20.3 Å². The van der Waals surface area contributed by atoms with Crippen molar-refractivity contribution in [3.05, 3.63) is 47.2 Å². The monoisotopic (exact) mass is 445 g/mol. The van der Waals surface area contributed by atoms with Crippen LogP contribution in [-0.4, -0.2) is 52.0 Å². The second-order valence-electron chi connectivity index (χ2n) is 7.82. The van der Waals surface area contributed by atoms with Crippen LogP contribution in [0.1, 0.15) is 41.3 Å². The number of nitrogens with zero attached hydrogens (tertiary/aromatic N) is 2. The predicted octanol–water partition coefficient (Wildman–Crippen LogP) is 2.44. The molecule has 1 aliphatic heterocycles. The molecule has 31 heavy (non-hydrogen) atoms. The number of piperazine rings is 1. The van der Waals surface area contributed by atoms with Crippen molar-refractivity contribution in [1.82, 2.24) is 15.6 Å². The Hall–Kier alpha value is -2.65. The minimum Gasteiger partial charge on any atom is -0.353 e. The van der Waals surface area contributed by atoms with Gasteiger partial charge in [0.15, 0.2) is 0 Å². The molecule has 1 aromatic heterocycles. The normalized spacial score (nSPS) is 14.4. The van der Waals surface area contributed by atoms with Crippen molar-refractivity contribution in [3.8, 4) is 0 Å². The van der Waals surface area contributed by atoms with E-state index in [2.05, 4.69) is 27.3 Å². The zero-order valence-electron chi connectivity index (χ0n) is 18.4. The Morgan fingerprint density at radius 1 is 1.19 bits per heavy atom. The summed E-state index contributed by atoms with van der Waals surface area (Å²) in [5.74, 6) is 0.326. The second kappa shape index (κ2) is 10.1. The van der Waals surface area contributed by atoms with E-state index in [1.54, 1.807) is 25.1 Å². The first-order chi connectivity index (χ1) is 14.8. The van der Waals surface area contributed by atoms with Gasteiger partial charge < -0.3 is 15.5 Å². The number of nitrogens with one attached hydrogen (secondary N) is 3. The molecule has 0 atom stereocenters. The Morgan fingerprint density at radius 2 is 1.94 bits per heavy atom. The highest BCUT2D eigenvalue weighted by Gasteiger charge is 2.23. The first kappa shape index (κ1) is 23.0. The molecule has 0 aliphatic carbocycles. The molecule has 0 saturated carbocycles. The van der Waals surface area contributed by atoms with Gasteiger partial charge in [0, 0.05) is 32.7 Å². The lowest BCUT2D eigenvalue weighted by Crippen LogP contribution is -2.44. The molecule has 1 saturated heterocycles. The van der Waals surface area contributed by atoms with Crippen molar-refractivity contribution in [1.29, 1.82) is 0 Å². The van der Waals surface area contributed by atoms with Gasteiger partial charge in [-0.25, -0.2) is 13.4 Å². The minimum atomic E-state index is -3.81. The number of pyridine rings is 1. The van der Waals surface area contributed by atoms with Crippen molar-refractivity contribution < 1.29 is 13.2 Å². The number of hydrogen-bond acceptors (Lipinski definition) is 6. The number of rotatable bonds is 8. The number of hydrogen-bond donors (Lipinski definition) is 3. The molecule has 2 aromatic rings. The highest BCUT2D eigenvalue weighted by atomic mass is 32.2. The van der Waals surface area contributed by atoms with Gasteiger partial charge in [0.25, 0.3) is 15.9 Å². The largest absolute Gasteiger partial charge is 0.353 e. The third-order valence-electron chi connectivity index (χ3n) is 5.23. The van der Waals surface area contributed by atoms with Crippen LogP contribution in [-0.2, 0) is 10.0 Å². The topological polar surface area (TPSA) is 103 Å². The molecule has 0 unspecified atom stereocenters. The number of carbonyl (C=O) groups is 1. The Balaban J connectivity index is 1.92. The Labute approximate surface area is 184 Å². The molecule has 9 heteroatoms. The van der Waals surface area contributed by atoms with Crippen LogP contribution in [0.15, 0.2) is 35.4 Å². The lowest BCUT2D eigenvalue weighted by atomic mass is 10.2. The van der Waals surface area contributed by atoms with Crippen LogP contribution in [0.4, 0.5) is 11.5 Å². The molecule has 1 fully saturated rings. The fourth-order valence-electron chi connectivity index (χ4n) is 3.49. The van der Waals surface area contributed by atoms with E-state index in [-0.39, 0.29) is 16.5 Å². The van der Waals surface area contributed by atoms with Gasteiger partial charge in [0.05, 0.1) is 22.3 Å². The summed E-state index contributed by atoms with van der Waals surface area (Å²) in [6.45, 7) is 9.30. The fourth-order valence-corrected chi connectivity index (χ4v) is 4.85. The molecular formula is C22H31N5O3S. The van der Waals surface area contributed by atoms with E-state index in [9.17, 15) is 13.2 Å². The quantitative estimate of drug-likeness (QED) is 0.539. The second-order valence-corrected chi connectivity index (χ2v) is 9.47. The van der Waals surface area contributed by atoms with Crippen LogP contribution in [0.3, 0.4) is 0 Å². The molecule has 0 radical (unpaired) electrons. The molecule has 8 nitrogen and oxygen atoms in total. The summed E-state index contributed by atoms with van der Waals surface area (Å²) >= 11 is 0. The maximum atomic E-state index is 13.0. The molecule has 1 aromatic carbocycles. The zero-order chi connectivity index (χ0) is 22.4. The van der Waals surface area contributed by atoms with Gasteiger partial charge in [-0.15, -0.1) is 0 Å². The summed E-state index contributed by atoms with van der Waals surface area (Å²) in [6.07, 6.45) is 3.32. The summed E-state index contributed by atoms with van der Waals surface area (Å²) in [5.41, 5.74) is 2.15. The predicted molar refractivity (Wildman–Crippen MR) is 123 cm³/mol. The van der Waals surface area contributed by atoms with E-state index in [4.69, 9.17) is 0 Å². The number of aryl methyl sites for hydroxylation is 2. The van der Waals surface area contributed by atoms with Crippen LogP contribution >= 0.6 is 0 Å². The van der Waals surface area contributed by atoms with Gasteiger partial charge in [0.1, 0.15) is 5.82 Å². The van der Waals surface area contributed by atoms with Gasteiger partial charge in [-0.3, -0.25) is 9.52 Å². The molecular weight excluding hydrogens is 414 g/mol. The molecule has 1 aliphatic rings. The Morgan fingerprint density at radius 3 is 2.65 bits per heavy atom. The van der Waals surface area contributed by atoms with E-state index in [0.717, 1.165) is 44.6 Å². The minimum absolute atomic E-state index is 0.215. The summed E-state index contributed by atoms with van der Waals surface area (Å²) < 4.78 is 28.6. The maximum Gasteiger partial charge on any atom is 0.262 e. The SMILES string of the molecule is CCCCNC(=O)c1cc(NS(=O)(=O)c2cc(C)ccc2C)cnc1N1CCNCC1. The molecule has 3 N–H and O–H groups in total. The molecule has 3 rings (SSSR count). The number of carbonyl (C=O) groups excluding carboxylic acids is 1. The first-order valence-electron chi connectivity index (χ1n) is 10.7. The lowest BCUT2D eigenvalue weighted by Gasteiger charge is -2.30. The van der Waals surface area contributed by atoms with Gasteiger partial charge in [0.2, 0.25) is 0 Å². The Bertz CT molecular complexity index is 1030. The number of benzene rings is 1.